The fraction of sp³-hybridized carbons (Fsp3) is 0.0769. The molecule has 17 heavy (non-hydrogen) atoms. The molecule has 2 aromatic rings. The molecule has 4 heteroatoms. The number of aliphatic imine (C=N–C) groups is 1. The molecule has 0 aliphatic rings. The summed E-state index contributed by atoms with van der Waals surface area (Å²) in [5, 5.41) is 6.99. The first-order valence-electron chi connectivity index (χ1n) is 5.12. The van der Waals surface area contributed by atoms with Crippen molar-refractivity contribution in [3.05, 3.63) is 59.3 Å². The van der Waals surface area contributed by atoms with E-state index in [0.29, 0.717) is 18.1 Å². The van der Waals surface area contributed by atoms with Gasteiger partial charge in [0.25, 0.3) is 0 Å². The number of nitrogens with zero attached hydrogens (tertiary/aromatic N) is 1. The molecule has 0 spiro atoms. The van der Waals surface area contributed by atoms with Gasteiger partial charge in [-0.1, -0.05) is 12.1 Å². The molecule has 0 unspecified atom stereocenters. The number of rotatable bonds is 4. The number of halogens is 1. The van der Waals surface area contributed by atoms with E-state index in [9.17, 15) is 4.39 Å². The molecule has 1 N–H and O–H groups in total. The number of hydrogen-bond acceptors (Lipinski definition) is 3. The summed E-state index contributed by atoms with van der Waals surface area (Å²) >= 11 is 0. The maximum Gasteiger partial charge on any atom is 0.145 e. The SMILES string of the molecule is N=Cc1ccc(C=NCc2ccc(F)cc2)o1. The first kappa shape index (κ1) is 11.3. The second kappa shape index (κ2) is 5.21. The summed E-state index contributed by atoms with van der Waals surface area (Å²) < 4.78 is 17.9. The third-order valence-electron chi connectivity index (χ3n) is 2.20. The molecule has 0 radical (unpaired) electrons. The Morgan fingerprint density at radius 1 is 1.12 bits per heavy atom. The fourth-order valence-corrected chi connectivity index (χ4v) is 1.35. The number of hydrogen-bond donors (Lipinski definition) is 1. The maximum absolute atomic E-state index is 12.6. The Labute approximate surface area is 98.1 Å². The van der Waals surface area contributed by atoms with E-state index in [1.165, 1.54) is 12.1 Å². The topological polar surface area (TPSA) is 49.4 Å². The van der Waals surface area contributed by atoms with Crippen molar-refractivity contribution in [2.45, 2.75) is 6.54 Å². The lowest BCUT2D eigenvalue weighted by atomic mass is 10.2. The minimum Gasteiger partial charge on any atom is -0.454 e. The van der Waals surface area contributed by atoms with Crippen LogP contribution in [0, 0.1) is 11.2 Å². The lowest BCUT2D eigenvalue weighted by Crippen LogP contribution is -1.83. The van der Waals surface area contributed by atoms with Crippen LogP contribution in [0.4, 0.5) is 4.39 Å². The Kier molecular flexibility index (Phi) is 3.45. The van der Waals surface area contributed by atoms with E-state index in [1.54, 1.807) is 30.5 Å². The van der Waals surface area contributed by atoms with E-state index < -0.39 is 0 Å². The van der Waals surface area contributed by atoms with Gasteiger partial charge in [0, 0.05) is 0 Å². The van der Waals surface area contributed by atoms with Crippen LogP contribution in [0.1, 0.15) is 17.1 Å². The molecule has 2 rings (SSSR count). The molecular weight excluding hydrogens is 219 g/mol. The quantitative estimate of drug-likeness (QED) is 0.806. The van der Waals surface area contributed by atoms with E-state index in [1.807, 2.05) is 0 Å². The molecule has 86 valence electrons. The number of nitrogens with one attached hydrogen (secondary N) is 1. The molecule has 0 fully saturated rings. The third kappa shape index (κ3) is 3.11. The lowest BCUT2D eigenvalue weighted by molar-refractivity contribution is 0.552. The standard InChI is InChI=1S/C13H11FN2O/c14-11-3-1-10(2-4-11)8-16-9-13-6-5-12(7-15)17-13/h1-7,9,15H,8H2. The molecule has 0 atom stereocenters. The van der Waals surface area contributed by atoms with E-state index >= 15 is 0 Å². The van der Waals surface area contributed by atoms with Gasteiger partial charge in [0.05, 0.1) is 19.0 Å². The van der Waals surface area contributed by atoms with Crippen molar-refractivity contribution in [2.75, 3.05) is 0 Å². The Bertz CT molecular complexity index is 529. The fourth-order valence-electron chi connectivity index (χ4n) is 1.35. The summed E-state index contributed by atoms with van der Waals surface area (Å²) in [6, 6.07) is 9.65. The molecule has 0 bridgehead atoms. The normalized spacial score (nSPS) is 10.9. The van der Waals surface area contributed by atoms with E-state index in [0.717, 1.165) is 11.8 Å². The van der Waals surface area contributed by atoms with Crippen LogP contribution in [0.3, 0.4) is 0 Å². The molecule has 0 aliphatic carbocycles. The first-order chi connectivity index (χ1) is 8.28. The zero-order chi connectivity index (χ0) is 12.1. The highest BCUT2D eigenvalue weighted by atomic mass is 19.1. The molecule has 0 saturated heterocycles. The zero-order valence-electron chi connectivity index (χ0n) is 9.06. The maximum atomic E-state index is 12.6. The van der Waals surface area contributed by atoms with Gasteiger partial charge in [-0.2, -0.15) is 0 Å². The monoisotopic (exact) mass is 230 g/mol. The van der Waals surface area contributed by atoms with Crippen LogP contribution in [0.2, 0.25) is 0 Å². The van der Waals surface area contributed by atoms with Crippen LogP contribution in [0.15, 0.2) is 45.8 Å². The van der Waals surface area contributed by atoms with Crippen molar-refractivity contribution in [3.63, 3.8) is 0 Å². The molecule has 1 aromatic carbocycles. The van der Waals surface area contributed by atoms with Gasteiger partial charge in [-0.3, -0.25) is 4.99 Å². The number of benzene rings is 1. The summed E-state index contributed by atoms with van der Waals surface area (Å²) in [6.07, 6.45) is 2.73. The van der Waals surface area contributed by atoms with Crippen molar-refractivity contribution in [3.8, 4) is 0 Å². The average molecular weight is 230 g/mol. The smallest absolute Gasteiger partial charge is 0.145 e. The Morgan fingerprint density at radius 3 is 2.47 bits per heavy atom. The van der Waals surface area contributed by atoms with Gasteiger partial charge in [-0.15, -0.1) is 0 Å². The van der Waals surface area contributed by atoms with Crippen LogP contribution in [-0.4, -0.2) is 12.4 Å². The summed E-state index contributed by atoms with van der Waals surface area (Å²) in [7, 11) is 0. The first-order valence-corrected chi connectivity index (χ1v) is 5.12. The second-order valence-electron chi connectivity index (χ2n) is 3.48. The van der Waals surface area contributed by atoms with Gasteiger partial charge in [-0.25, -0.2) is 4.39 Å². The summed E-state index contributed by atoms with van der Waals surface area (Å²) in [5.41, 5.74) is 0.932. The number of furan rings is 1. The van der Waals surface area contributed by atoms with E-state index in [4.69, 9.17) is 9.83 Å². The highest BCUT2D eigenvalue weighted by molar-refractivity contribution is 5.79. The molecule has 1 aromatic heterocycles. The lowest BCUT2D eigenvalue weighted by Gasteiger charge is -1.94. The molecular formula is C13H11FN2O. The largest absolute Gasteiger partial charge is 0.454 e. The Balaban J connectivity index is 1.97. The van der Waals surface area contributed by atoms with Gasteiger partial charge >= 0.3 is 0 Å². The van der Waals surface area contributed by atoms with Gasteiger partial charge in [0.15, 0.2) is 0 Å². The molecule has 1 heterocycles. The van der Waals surface area contributed by atoms with Crippen molar-refractivity contribution < 1.29 is 8.81 Å². The van der Waals surface area contributed by atoms with Gasteiger partial charge in [-0.05, 0) is 29.8 Å². The van der Waals surface area contributed by atoms with Crippen molar-refractivity contribution in [1.82, 2.24) is 0 Å². The van der Waals surface area contributed by atoms with Crippen molar-refractivity contribution >= 4 is 12.4 Å². The predicted octanol–water partition coefficient (Wildman–Crippen LogP) is 3.04. The van der Waals surface area contributed by atoms with Crippen LogP contribution >= 0.6 is 0 Å². The van der Waals surface area contributed by atoms with Crippen LogP contribution in [-0.2, 0) is 6.54 Å². The third-order valence-corrected chi connectivity index (χ3v) is 2.20. The Hall–Kier alpha value is -2.23. The Morgan fingerprint density at radius 2 is 1.82 bits per heavy atom. The molecule has 0 saturated carbocycles. The van der Waals surface area contributed by atoms with E-state index in [-0.39, 0.29) is 5.82 Å². The zero-order valence-corrected chi connectivity index (χ0v) is 9.06. The van der Waals surface area contributed by atoms with Crippen LogP contribution in [0.5, 0.6) is 0 Å². The van der Waals surface area contributed by atoms with Crippen molar-refractivity contribution in [2.24, 2.45) is 4.99 Å². The van der Waals surface area contributed by atoms with Gasteiger partial charge in [0.2, 0.25) is 0 Å². The summed E-state index contributed by atoms with van der Waals surface area (Å²) in [5.74, 6) is 0.846. The second-order valence-corrected chi connectivity index (χ2v) is 3.48. The predicted molar refractivity (Wildman–Crippen MR) is 64.3 cm³/mol. The minimum absolute atomic E-state index is 0.251. The minimum atomic E-state index is -0.251. The molecule has 0 amide bonds. The van der Waals surface area contributed by atoms with Gasteiger partial charge in [0.1, 0.15) is 17.3 Å². The molecule has 0 aliphatic heterocycles. The highest BCUT2D eigenvalue weighted by Gasteiger charge is 1.96. The summed E-state index contributed by atoms with van der Waals surface area (Å²) in [6.45, 7) is 0.473. The van der Waals surface area contributed by atoms with Crippen LogP contribution < -0.4 is 0 Å². The molecule has 3 nitrogen and oxygen atoms in total. The highest BCUT2D eigenvalue weighted by Crippen LogP contribution is 2.06. The summed E-state index contributed by atoms with van der Waals surface area (Å²) in [4.78, 5) is 4.17. The van der Waals surface area contributed by atoms with Crippen molar-refractivity contribution in [1.29, 1.82) is 5.41 Å². The average Bonchev–Trinajstić information content (AvgIpc) is 2.80. The van der Waals surface area contributed by atoms with E-state index in [2.05, 4.69) is 4.99 Å². The van der Waals surface area contributed by atoms with Crippen LogP contribution in [0.25, 0.3) is 0 Å². The van der Waals surface area contributed by atoms with Gasteiger partial charge < -0.3 is 9.83 Å².